The van der Waals surface area contributed by atoms with Gasteiger partial charge < -0.3 is 4.74 Å². The van der Waals surface area contributed by atoms with Gasteiger partial charge in [-0.2, -0.15) is 0 Å². The van der Waals surface area contributed by atoms with Crippen molar-refractivity contribution < 1.29 is 9.53 Å². The van der Waals surface area contributed by atoms with Crippen LogP contribution in [0.25, 0.3) is 6.08 Å². The van der Waals surface area contributed by atoms with Crippen molar-refractivity contribution in [3.8, 4) is 0 Å². The van der Waals surface area contributed by atoms with E-state index in [-0.39, 0.29) is 11.6 Å². The van der Waals surface area contributed by atoms with Crippen LogP contribution in [0.4, 0.5) is 0 Å². The first-order valence-electron chi connectivity index (χ1n) is 9.59. The fraction of sp³-hybridized carbons (Fsp3) is 0.591. The number of ether oxygens (including phenoxy) is 1. The Morgan fingerprint density at radius 1 is 1.20 bits per heavy atom. The van der Waals surface area contributed by atoms with Crippen LogP contribution in [0.3, 0.4) is 0 Å². The van der Waals surface area contributed by atoms with E-state index in [1.54, 1.807) is 0 Å². The van der Waals surface area contributed by atoms with Crippen molar-refractivity contribution in [3.63, 3.8) is 0 Å². The first-order chi connectivity index (χ1) is 11.9. The number of benzene rings is 1. The molecule has 4 bridgehead atoms. The first-order valence-corrected chi connectivity index (χ1v) is 10.7. The topological polar surface area (TPSA) is 26.3 Å². The Morgan fingerprint density at radius 3 is 2.28 bits per heavy atom. The van der Waals surface area contributed by atoms with E-state index >= 15 is 0 Å². The number of hydrogen-bond acceptors (Lipinski definition) is 2. The van der Waals surface area contributed by atoms with E-state index in [4.69, 9.17) is 4.74 Å². The van der Waals surface area contributed by atoms with E-state index in [9.17, 15) is 4.79 Å². The van der Waals surface area contributed by atoms with Gasteiger partial charge in [0.05, 0.1) is 5.56 Å². The maximum atomic E-state index is 13.1. The van der Waals surface area contributed by atoms with Gasteiger partial charge in [0, 0.05) is 3.57 Å². The molecular formula is C22H27IO2. The molecule has 0 saturated heterocycles. The van der Waals surface area contributed by atoms with Crippen molar-refractivity contribution in [2.45, 2.75) is 51.6 Å². The Hall–Kier alpha value is -0.840. The van der Waals surface area contributed by atoms with Gasteiger partial charge in [-0.25, -0.2) is 4.79 Å². The van der Waals surface area contributed by atoms with Gasteiger partial charge in [-0.15, -0.1) is 0 Å². The van der Waals surface area contributed by atoms with Gasteiger partial charge in [0.1, 0.15) is 5.60 Å². The molecule has 4 fully saturated rings. The van der Waals surface area contributed by atoms with Gasteiger partial charge >= 0.3 is 5.97 Å². The van der Waals surface area contributed by atoms with Crippen LogP contribution < -0.4 is 0 Å². The first kappa shape index (κ1) is 17.6. The van der Waals surface area contributed by atoms with Crippen LogP contribution in [-0.2, 0) is 4.74 Å². The molecule has 4 saturated carbocycles. The molecule has 0 amide bonds. The molecule has 3 heteroatoms. The Bertz CT molecular complexity index is 678. The number of halogens is 1. The van der Waals surface area contributed by atoms with Crippen molar-refractivity contribution >= 4 is 34.6 Å². The van der Waals surface area contributed by atoms with E-state index in [0.717, 1.165) is 21.0 Å². The SMILES string of the molecule is C=Cc1ccc(C(=O)OC2(C(C)C)C3CC4CC(C3)CC2C4)c(I)c1. The summed E-state index contributed by atoms with van der Waals surface area (Å²) < 4.78 is 7.39. The normalized spacial score (nSPS) is 35.8. The molecule has 4 aliphatic carbocycles. The van der Waals surface area contributed by atoms with E-state index in [1.165, 1.54) is 32.1 Å². The Balaban J connectivity index is 1.65. The highest BCUT2D eigenvalue weighted by Crippen LogP contribution is 2.61. The number of carbonyl (C=O) groups is 1. The van der Waals surface area contributed by atoms with Crippen molar-refractivity contribution in [2.75, 3.05) is 0 Å². The van der Waals surface area contributed by atoms with Gasteiger partial charge in [0.15, 0.2) is 0 Å². The number of rotatable bonds is 4. The minimum absolute atomic E-state index is 0.138. The molecule has 25 heavy (non-hydrogen) atoms. The summed E-state index contributed by atoms with van der Waals surface area (Å²) in [7, 11) is 0. The third-order valence-electron chi connectivity index (χ3n) is 7.03. The van der Waals surface area contributed by atoms with Crippen LogP contribution >= 0.6 is 22.6 Å². The average molecular weight is 450 g/mol. The highest BCUT2D eigenvalue weighted by Gasteiger charge is 2.60. The summed E-state index contributed by atoms with van der Waals surface area (Å²) in [6, 6.07) is 5.85. The molecule has 0 radical (unpaired) electrons. The smallest absolute Gasteiger partial charge is 0.339 e. The van der Waals surface area contributed by atoms with Crippen molar-refractivity contribution in [1.29, 1.82) is 0 Å². The van der Waals surface area contributed by atoms with Crippen LogP contribution in [0, 0.1) is 33.2 Å². The monoisotopic (exact) mass is 450 g/mol. The standard InChI is InChI=1S/C22H27IO2/c1-4-14-5-6-19(20(23)12-14)21(24)25-22(13(2)3)17-8-15-7-16(10-17)11-18(22)9-15/h4-6,12-13,15-18H,1,7-11H2,2-3H3. The van der Waals surface area contributed by atoms with Crippen LogP contribution in [-0.4, -0.2) is 11.6 Å². The molecule has 1 aromatic rings. The predicted octanol–water partition coefficient (Wildman–Crippen LogP) is 5.94. The summed E-state index contributed by atoms with van der Waals surface area (Å²) in [5.41, 5.74) is 1.47. The molecule has 5 rings (SSSR count). The number of carbonyl (C=O) groups excluding carboxylic acids is 1. The average Bonchev–Trinajstić information content (AvgIpc) is 2.56. The Labute approximate surface area is 164 Å². The molecule has 0 aliphatic heterocycles. The van der Waals surface area contributed by atoms with Crippen LogP contribution in [0.15, 0.2) is 24.8 Å². The molecule has 134 valence electrons. The Morgan fingerprint density at radius 2 is 1.80 bits per heavy atom. The van der Waals surface area contributed by atoms with Gasteiger partial charge in [-0.05, 0) is 102 Å². The van der Waals surface area contributed by atoms with Gasteiger partial charge in [-0.3, -0.25) is 0 Å². The fourth-order valence-electron chi connectivity index (χ4n) is 6.19. The zero-order valence-electron chi connectivity index (χ0n) is 15.1. The minimum atomic E-state index is -0.259. The molecule has 0 atom stereocenters. The van der Waals surface area contributed by atoms with Crippen molar-refractivity contribution in [3.05, 3.63) is 39.5 Å². The highest BCUT2D eigenvalue weighted by atomic mass is 127. The molecule has 0 unspecified atom stereocenters. The van der Waals surface area contributed by atoms with E-state index in [0.29, 0.717) is 23.3 Å². The quantitative estimate of drug-likeness (QED) is 0.419. The molecule has 4 aliphatic rings. The molecule has 0 N–H and O–H groups in total. The summed E-state index contributed by atoms with van der Waals surface area (Å²) in [5.74, 6) is 3.09. The van der Waals surface area contributed by atoms with E-state index in [1.807, 2.05) is 24.3 Å². The zero-order chi connectivity index (χ0) is 17.8. The largest absolute Gasteiger partial charge is 0.455 e. The second-order valence-corrected chi connectivity index (χ2v) is 9.81. The van der Waals surface area contributed by atoms with Crippen LogP contribution in [0.5, 0.6) is 0 Å². The van der Waals surface area contributed by atoms with Gasteiger partial charge in [0.25, 0.3) is 0 Å². The second-order valence-electron chi connectivity index (χ2n) is 8.65. The summed E-state index contributed by atoms with van der Waals surface area (Å²) >= 11 is 2.24. The predicted molar refractivity (Wildman–Crippen MR) is 109 cm³/mol. The summed E-state index contributed by atoms with van der Waals surface area (Å²) in [6.45, 7) is 8.31. The minimum Gasteiger partial charge on any atom is -0.455 e. The molecule has 1 aromatic carbocycles. The highest BCUT2D eigenvalue weighted by molar-refractivity contribution is 14.1. The maximum absolute atomic E-state index is 13.1. The third kappa shape index (κ3) is 2.77. The van der Waals surface area contributed by atoms with Gasteiger partial charge in [-0.1, -0.05) is 32.6 Å². The lowest BCUT2D eigenvalue weighted by Crippen LogP contribution is -2.62. The number of esters is 1. The van der Waals surface area contributed by atoms with Crippen LogP contribution in [0.2, 0.25) is 0 Å². The van der Waals surface area contributed by atoms with Gasteiger partial charge in [0.2, 0.25) is 0 Å². The Kier molecular flexibility index (Phi) is 4.50. The lowest BCUT2D eigenvalue weighted by molar-refractivity contribution is -0.197. The fourth-order valence-corrected chi connectivity index (χ4v) is 6.95. The summed E-state index contributed by atoms with van der Waals surface area (Å²) in [6.07, 6.45) is 8.24. The molecule has 0 spiro atoms. The summed E-state index contributed by atoms with van der Waals surface area (Å²) in [4.78, 5) is 13.1. The summed E-state index contributed by atoms with van der Waals surface area (Å²) in [5, 5.41) is 0. The lowest BCUT2D eigenvalue weighted by Gasteiger charge is -2.61. The van der Waals surface area contributed by atoms with E-state index < -0.39 is 0 Å². The van der Waals surface area contributed by atoms with Crippen molar-refractivity contribution in [1.82, 2.24) is 0 Å². The molecule has 2 nitrogen and oxygen atoms in total. The third-order valence-corrected chi connectivity index (χ3v) is 7.93. The van der Waals surface area contributed by atoms with E-state index in [2.05, 4.69) is 43.0 Å². The maximum Gasteiger partial charge on any atom is 0.339 e. The second kappa shape index (κ2) is 6.40. The lowest BCUT2D eigenvalue weighted by atomic mass is 9.47. The molecule has 0 aromatic heterocycles. The molecule has 0 heterocycles. The number of hydrogen-bond donors (Lipinski definition) is 0. The van der Waals surface area contributed by atoms with Crippen LogP contribution in [0.1, 0.15) is 61.9 Å². The molecular weight excluding hydrogens is 423 g/mol. The zero-order valence-corrected chi connectivity index (χ0v) is 17.3. The van der Waals surface area contributed by atoms with Crippen molar-refractivity contribution in [2.24, 2.45) is 29.6 Å².